The number of carbonyl (C=O) groups excluding carboxylic acids is 1. The third kappa shape index (κ3) is 25.4. The predicted octanol–water partition coefficient (Wildman–Crippen LogP) is 1.14. The minimum atomic E-state index is -1.27. The molecule has 0 rings (SSSR count). The van der Waals surface area contributed by atoms with E-state index in [1.165, 1.54) is 13.2 Å². The first-order valence-corrected chi connectivity index (χ1v) is 4.60. The number of rotatable bonds is 4. The van der Waals surface area contributed by atoms with Crippen molar-refractivity contribution in [1.82, 2.24) is 0 Å². The van der Waals surface area contributed by atoms with Gasteiger partial charge < -0.3 is 14.9 Å². The van der Waals surface area contributed by atoms with E-state index in [1.54, 1.807) is 6.07 Å². The van der Waals surface area contributed by atoms with Gasteiger partial charge in [0.25, 0.3) is 0 Å². The fourth-order valence-electron chi connectivity index (χ4n) is 0.341. The lowest BCUT2D eigenvalue weighted by Gasteiger charge is -1.91. The van der Waals surface area contributed by atoms with Crippen LogP contribution in [0.25, 0.3) is 0 Å². The minimum absolute atomic E-state index is 0.303. The van der Waals surface area contributed by atoms with Crippen molar-refractivity contribution in [1.29, 1.82) is 5.26 Å². The number of esters is 1. The van der Waals surface area contributed by atoms with Gasteiger partial charge >= 0.3 is 17.9 Å². The second-order valence-electron chi connectivity index (χ2n) is 2.54. The lowest BCUT2D eigenvalue weighted by atomic mass is 10.2. The molecule has 0 aliphatic carbocycles. The Labute approximate surface area is 110 Å². The molecular weight excluding hydrogens is 254 g/mol. The normalized spacial score (nSPS) is 6.95. The fraction of sp³-hybridized carbons (Fsp3) is 0.167. The zero-order valence-electron chi connectivity index (χ0n) is 10.5. The molecule has 7 heteroatoms. The van der Waals surface area contributed by atoms with Crippen molar-refractivity contribution in [2.24, 2.45) is 0 Å². The van der Waals surface area contributed by atoms with Crippen molar-refractivity contribution >= 4 is 17.9 Å². The van der Waals surface area contributed by atoms with Crippen LogP contribution < -0.4 is 0 Å². The van der Waals surface area contributed by atoms with Gasteiger partial charge in [-0.3, -0.25) is 4.79 Å². The molecule has 0 amide bonds. The fourth-order valence-corrected chi connectivity index (χ4v) is 0.341. The first kappa shape index (κ1) is 21.4. The summed E-state index contributed by atoms with van der Waals surface area (Å²) in [6.45, 7) is 9.29. The Morgan fingerprint density at radius 1 is 1.32 bits per heavy atom. The molecular formula is C12H15NO6. The first-order valence-electron chi connectivity index (χ1n) is 4.60. The second-order valence-corrected chi connectivity index (χ2v) is 2.54. The molecule has 0 saturated carbocycles. The molecule has 7 nitrogen and oxygen atoms in total. The average molecular weight is 269 g/mol. The number of ether oxygens (including phenoxy) is 1. The maximum absolute atomic E-state index is 9.87. The van der Waals surface area contributed by atoms with Crippen LogP contribution in [0.4, 0.5) is 0 Å². The molecule has 0 heterocycles. The van der Waals surface area contributed by atoms with E-state index in [9.17, 15) is 14.4 Å². The largest absolute Gasteiger partial charge is 0.481 e. The summed E-state index contributed by atoms with van der Waals surface area (Å²) in [7, 11) is 1.31. The molecule has 104 valence electrons. The van der Waals surface area contributed by atoms with Crippen LogP contribution in [0.5, 0.6) is 0 Å². The van der Waals surface area contributed by atoms with Crippen LogP contribution in [0.3, 0.4) is 0 Å². The van der Waals surface area contributed by atoms with Gasteiger partial charge in [-0.15, -0.1) is 0 Å². The quantitative estimate of drug-likeness (QED) is 0.445. The summed E-state index contributed by atoms with van der Waals surface area (Å²) in [5.41, 5.74) is -0.303. The Hall–Kier alpha value is -2.88. The van der Waals surface area contributed by atoms with Crippen LogP contribution in [-0.4, -0.2) is 35.2 Å². The number of aliphatic carboxylic acids is 2. The van der Waals surface area contributed by atoms with E-state index in [0.717, 1.165) is 6.08 Å². The number of allylic oxidation sites excluding steroid dienone is 1. The smallest absolute Gasteiger partial charge is 0.331 e. The highest BCUT2D eigenvalue weighted by atomic mass is 16.5. The Morgan fingerprint density at radius 2 is 1.74 bits per heavy atom. The van der Waals surface area contributed by atoms with Crippen molar-refractivity contribution in [3.63, 3.8) is 0 Å². The number of nitriles is 1. The molecule has 0 atom stereocenters. The second kappa shape index (κ2) is 15.1. The van der Waals surface area contributed by atoms with Gasteiger partial charge in [0.2, 0.25) is 0 Å². The highest BCUT2D eigenvalue weighted by molar-refractivity contribution is 5.91. The van der Waals surface area contributed by atoms with Crippen molar-refractivity contribution in [3.05, 3.63) is 37.5 Å². The van der Waals surface area contributed by atoms with E-state index in [1.807, 2.05) is 0 Å². The number of hydrogen-bond acceptors (Lipinski definition) is 5. The van der Waals surface area contributed by atoms with Crippen LogP contribution in [0.2, 0.25) is 0 Å². The summed E-state index contributed by atoms with van der Waals surface area (Å²) in [5.74, 6) is -2.84. The van der Waals surface area contributed by atoms with E-state index in [2.05, 4.69) is 24.5 Å². The van der Waals surface area contributed by atoms with Crippen molar-refractivity contribution in [2.45, 2.75) is 6.42 Å². The molecule has 0 spiro atoms. The van der Waals surface area contributed by atoms with E-state index in [0.29, 0.717) is 0 Å². The Bertz CT molecular complexity index is 392. The highest BCUT2D eigenvalue weighted by Gasteiger charge is 2.07. The van der Waals surface area contributed by atoms with E-state index in [-0.39, 0.29) is 5.57 Å². The van der Waals surface area contributed by atoms with Gasteiger partial charge in [0, 0.05) is 17.7 Å². The summed E-state index contributed by atoms with van der Waals surface area (Å²) in [6.07, 6.45) is 1.79. The predicted molar refractivity (Wildman–Crippen MR) is 67.1 cm³/mol. The van der Waals surface area contributed by atoms with E-state index < -0.39 is 24.3 Å². The Morgan fingerprint density at radius 3 is 1.79 bits per heavy atom. The maximum Gasteiger partial charge on any atom is 0.331 e. The van der Waals surface area contributed by atoms with Gasteiger partial charge in [-0.25, -0.2) is 9.59 Å². The summed E-state index contributed by atoms with van der Waals surface area (Å²) >= 11 is 0. The van der Waals surface area contributed by atoms with Crippen LogP contribution in [-0.2, 0) is 19.1 Å². The standard InChI is InChI=1S/C5H6O4.C4H6O2.C3H3N/c1-3(5(8)9)2-4(6)7;1-3-4(5)6-2;1-2-3-4/h1-2H2,(H,6,7)(H,8,9);3H,1H2,2H3;2H,1H2. The molecule has 0 radical (unpaired) electrons. The first-order chi connectivity index (χ1) is 8.76. The van der Waals surface area contributed by atoms with Crippen LogP contribution in [0, 0.1) is 11.3 Å². The molecule has 2 N–H and O–H groups in total. The van der Waals surface area contributed by atoms with E-state index in [4.69, 9.17) is 15.5 Å². The van der Waals surface area contributed by atoms with E-state index >= 15 is 0 Å². The molecule has 0 bridgehead atoms. The number of carboxylic acids is 2. The molecule has 0 unspecified atom stereocenters. The molecule has 0 aliphatic heterocycles. The number of hydrogen-bond donors (Lipinski definition) is 2. The Balaban J connectivity index is -0.000000222. The summed E-state index contributed by atoms with van der Waals surface area (Å²) in [6, 6.07) is 1.69. The molecule has 19 heavy (non-hydrogen) atoms. The molecule has 0 aromatic heterocycles. The topological polar surface area (TPSA) is 125 Å². The van der Waals surface area contributed by atoms with Crippen LogP contribution in [0.15, 0.2) is 37.5 Å². The molecule has 0 fully saturated rings. The monoisotopic (exact) mass is 269 g/mol. The highest BCUT2D eigenvalue weighted by Crippen LogP contribution is 1.95. The zero-order valence-corrected chi connectivity index (χ0v) is 10.5. The van der Waals surface area contributed by atoms with Crippen molar-refractivity contribution in [3.8, 4) is 6.07 Å². The van der Waals surface area contributed by atoms with Crippen molar-refractivity contribution in [2.75, 3.05) is 7.11 Å². The SMILES string of the molecule is C=C(CC(=O)O)C(=O)O.C=CC#N.C=CC(=O)OC. The summed E-state index contributed by atoms with van der Waals surface area (Å²) < 4.78 is 4.14. The number of methoxy groups -OCH3 is 1. The van der Waals surface area contributed by atoms with Gasteiger partial charge in [-0.1, -0.05) is 19.7 Å². The summed E-state index contributed by atoms with van der Waals surface area (Å²) in [4.78, 5) is 29.5. The number of carbonyl (C=O) groups is 3. The Kier molecular flexibility index (Phi) is 17.0. The maximum atomic E-state index is 9.87. The molecule has 0 aliphatic rings. The summed E-state index contributed by atoms with van der Waals surface area (Å²) in [5, 5.41) is 23.6. The van der Waals surface area contributed by atoms with Gasteiger partial charge in [-0.2, -0.15) is 5.26 Å². The third-order valence-electron chi connectivity index (χ3n) is 1.13. The molecule has 0 aromatic carbocycles. The average Bonchev–Trinajstić information content (AvgIpc) is 2.37. The van der Waals surface area contributed by atoms with Gasteiger partial charge in [-0.05, 0) is 0 Å². The number of carboxylic acid groups (broad SMARTS) is 2. The van der Waals surface area contributed by atoms with Crippen molar-refractivity contribution < 1.29 is 29.3 Å². The lowest BCUT2D eigenvalue weighted by Crippen LogP contribution is -2.04. The van der Waals surface area contributed by atoms with Crippen LogP contribution >= 0.6 is 0 Å². The minimum Gasteiger partial charge on any atom is -0.481 e. The lowest BCUT2D eigenvalue weighted by molar-refractivity contribution is -0.139. The van der Waals surface area contributed by atoms with Gasteiger partial charge in [0.15, 0.2) is 0 Å². The third-order valence-corrected chi connectivity index (χ3v) is 1.13. The molecule has 0 aromatic rings. The van der Waals surface area contributed by atoms with Gasteiger partial charge in [0.05, 0.1) is 19.6 Å². The number of nitrogens with zero attached hydrogens (tertiary/aromatic N) is 1. The van der Waals surface area contributed by atoms with Crippen LogP contribution in [0.1, 0.15) is 6.42 Å². The zero-order chi connectivity index (χ0) is 15.8. The van der Waals surface area contributed by atoms with Gasteiger partial charge in [0.1, 0.15) is 0 Å². The molecule has 0 saturated heterocycles.